The summed E-state index contributed by atoms with van der Waals surface area (Å²) in [5.74, 6) is -8.81. The fraction of sp³-hybridized carbons (Fsp3) is 0.342. The average molecular weight is 833 g/mol. The van der Waals surface area contributed by atoms with E-state index in [1.165, 1.54) is 10.9 Å². The first-order valence-corrected chi connectivity index (χ1v) is 18.8. The van der Waals surface area contributed by atoms with E-state index in [2.05, 4.69) is 20.5 Å². The fourth-order valence-corrected chi connectivity index (χ4v) is 9.06. The molecule has 0 aliphatic heterocycles. The fourth-order valence-electron chi connectivity index (χ4n) is 7.92. The minimum Gasteiger partial charge on any atom is -0.383 e. The van der Waals surface area contributed by atoms with Crippen molar-refractivity contribution in [1.29, 1.82) is 0 Å². The Labute approximate surface area is 328 Å². The van der Waals surface area contributed by atoms with Crippen molar-refractivity contribution in [2.75, 3.05) is 5.73 Å². The molecule has 2 aliphatic rings. The van der Waals surface area contributed by atoms with Crippen molar-refractivity contribution < 1.29 is 40.6 Å². The molecule has 0 spiro atoms. The van der Waals surface area contributed by atoms with E-state index < -0.39 is 76.6 Å². The number of fused-ring (bicyclic) bond motifs is 4. The zero-order valence-electron chi connectivity index (χ0n) is 30.2. The van der Waals surface area contributed by atoms with Crippen molar-refractivity contribution >= 4 is 45.6 Å². The lowest BCUT2D eigenvalue weighted by molar-refractivity contribution is -0.144. The van der Waals surface area contributed by atoms with Gasteiger partial charge in [-0.25, -0.2) is 18.7 Å². The van der Waals surface area contributed by atoms with Gasteiger partial charge in [-0.2, -0.15) is 32.1 Å². The number of carbonyl (C=O) groups is 1. The molecule has 298 valence electrons. The van der Waals surface area contributed by atoms with Crippen LogP contribution in [-0.4, -0.2) is 40.5 Å². The van der Waals surface area contributed by atoms with Gasteiger partial charge in [-0.3, -0.25) is 14.2 Å². The number of hydrogen-bond donors (Lipinski definition) is 3. The number of aryl methyl sites for hydroxylation is 1. The molecule has 0 bridgehead atoms. The smallest absolute Gasteiger partial charge is 0.383 e. The van der Waals surface area contributed by atoms with Gasteiger partial charge in [0.05, 0.1) is 38.2 Å². The molecule has 0 radical (unpaired) electrons. The molecule has 1 saturated carbocycles. The molecule has 57 heavy (non-hydrogen) atoms. The summed E-state index contributed by atoms with van der Waals surface area (Å²) in [7, 11) is 1.63. The van der Waals surface area contributed by atoms with Crippen molar-refractivity contribution in [2.45, 2.75) is 69.3 Å². The lowest BCUT2D eigenvalue weighted by atomic mass is 9.73. The summed E-state index contributed by atoms with van der Waals surface area (Å²) >= 11 is 7.68. The average Bonchev–Trinajstić information content (AvgIpc) is 3.82. The molecular formula is C38H32ClF7N8O2S. The number of benzene rings is 2. The van der Waals surface area contributed by atoms with Gasteiger partial charge in [-0.1, -0.05) is 23.7 Å². The number of amides is 1. The van der Waals surface area contributed by atoms with Crippen LogP contribution in [0.25, 0.3) is 32.6 Å². The van der Waals surface area contributed by atoms with Crippen molar-refractivity contribution in [3.05, 3.63) is 98.5 Å². The quantitative estimate of drug-likeness (QED) is 0.125. The van der Waals surface area contributed by atoms with E-state index in [1.807, 2.05) is 0 Å². The molecule has 0 saturated heterocycles. The molecule has 6 aromatic rings. The Morgan fingerprint density at radius 2 is 1.79 bits per heavy atom. The van der Waals surface area contributed by atoms with Gasteiger partial charge in [0.25, 0.3) is 5.92 Å². The summed E-state index contributed by atoms with van der Waals surface area (Å²) in [5, 5.41) is 22.2. The van der Waals surface area contributed by atoms with Crippen LogP contribution in [0.3, 0.4) is 0 Å². The lowest BCUT2D eigenvalue weighted by Crippen LogP contribution is -2.36. The van der Waals surface area contributed by atoms with Crippen LogP contribution in [0.15, 0.2) is 48.7 Å². The van der Waals surface area contributed by atoms with Crippen LogP contribution in [0, 0.1) is 17.6 Å². The van der Waals surface area contributed by atoms with E-state index in [9.17, 15) is 31.9 Å². The van der Waals surface area contributed by atoms with E-state index in [0.717, 1.165) is 23.5 Å². The molecule has 8 rings (SSSR count). The Morgan fingerprint density at radius 3 is 2.42 bits per heavy atom. The van der Waals surface area contributed by atoms with E-state index in [1.54, 1.807) is 45.2 Å². The number of alkyl halides is 5. The monoisotopic (exact) mass is 832 g/mol. The molecular weight excluding hydrogens is 801 g/mol. The number of nitrogens with one attached hydrogen (secondary N) is 1. The Hall–Kier alpha value is -5.07. The number of rotatable bonds is 9. The number of anilines is 1. The predicted molar refractivity (Wildman–Crippen MR) is 197 cm³/mol. The molecule has 1 fully saturated rings. The summed E-state index contributed by atoms with van der Waals surface area (Å²) in [6, 6.07) is 8.01. The summed E-state index contributed by atoms with van der Waals surface area (Å²) in [4.78, 5) is 23.8. The number of halogens is 8. The number of aliphatic hydroxyl groups is 1. The zero-order chi connectivity index (χ0) is 40.9. The maximum absolute atomic E-state index is 15.7. The number of nitrogen functional groups attached to an aromatic ring is 1. The number of thiazole rings is 1. The van der Waals surface area contributed by atoms with Crippen LogP contribution in [0.5, 0.6) is 0 Å². The van der Waals surface area contributed by atoms with Gasteiger partial charge in [0.15, 0.2) is 11.5 Å². The van der Waals surface area contributed by atoms with Crippen LogP contribution < -0.4 is 11.1 Å². The van der Waals surface area contributed by atoms with Gasteiger partial charge in [0.1, 0.15) is 34.5 Å². The topological polar surface area (TPSA) is 137 Å². The third-order valence-corrected chi connectivity index (χ3v) is 12.1. The van der Waals surface area contributed by atoms with Gasteiger partial charge < -0.3 is 16.2 Å². The predicted octanol–water partition coefficient (Wildman–Crippen LogP) is 8.41. The van der Waals surface area contributed by atoms with E-state index in [4.69, 9.17) is 22.3 Å². The number of nitrogens with zero attached hydrogens (tertiary/aromatic N) is 6. The SMILES string of the molecule is Cn1nc(N)c2c(Cl)ccc(-c3ccc(-c4cnc(C(C)(C)O)s4)nc3[C@H](Cc3cc(F)cc(F)c3)NC(=O)Cn3nc(C(F)(F)F)c4c3C(F)(F)[C@@H]3CC[C@H]43)c21. The normalized spacial score (nSPS) is 18.0. The highest BCUT2D eigenvalue weighted by molar-refractivity contribution is 7.15. The maximum atomic E-state index is 15.7. The second-order valence-corrected chi connectivity index (χ2v) is 16.3. The summed E-state index contributed by atoms with van der Waals surface area (Å²) in [6.45, 7) is 2.07. The lowest BCUT2D eigenvalue weighted by Gasteiger charge is -2.34. The second kappa shape index (κ2) is 13.5. The number of nitrogens with two attached hydrogens (primary N) is 1. The molecule has 10 nitrogen and oxygen atoms in total. The molecule has 1 amide bonds. The van der Waals surface area contributed by atoms with Crippen molar-refractivity contribution in [2.24, 2.45) is 13.0 Å². The Morgan fingerprint density at radius 1 is 1.09 bits per heavy atom. The molecule has 4 heterocycles. The molecule has 19 heteroatoms. The molecule has 4 N–H and O–H groups in total. The highest BCUT2D eigenvalue weighted by Crippen LogP contribution is 2.64. The van der Waals surface area contributed by atoms with E-state index in [0.29, 0.717) is 48.4 Å². The minimum atomic E-state index is -5.06. The van der Waals surface area contributed by atoms with Gasteiger partial charge in [-0.15, -0.1) is 11.3 Å². The van der Waals surface area contributed by atoms with Gasteiger partial charge >= 0.3 is 6.18 Å². The van der Waals surface area contributed by atoms with Gasteiger partial charge in [0, 0.05) is 41.9 Å². The number of hydrogen-bond acceptors (Lipinski definition) is 8. The first-order valence-electron chi connectivity index (χ1n) is 17.6. The third-order valence-electron chi connectivity index (χ3n) is 10.5. The standard InChI is InChI=1S/C38H32ClF7N8O2S/c1-36(2,56)35-48-14-26(57-35)24-9-6-19(20-5-8-23(39)29-31(20)53(3)52-34(29)47)30(50-24)25(12-16-10-17(40)13-18(41)11-16)49-27(55)15-54-33-28(32(51-54)38(44,45)46)21-4-7-22(21)37(33,42)43/h5-6,8-11,13-14,21-22,25,56H,4,7,12,15H2,1-3H3,(H2,47,52)(H,49,55)/t21-,22+,25-/m0/s1. The van der Waals surface area contributed by atoms with E-state index in [-0.39, 0.29) is 41.4 Å². The van der Waals surface area contributed by atoms with Crippen molar-refractivity contribution in [3.63, 3.8) is 0 Å². The molecule has 0 unspecified atom stereocenters. The first kappa shape index (κ1) is 38.8. The number of aromatic nitrogens is 6. The molecule has 3 atom stereocenters. The number of carbonyl (C=O) groups excluding carboxylic acids is 1. The third kappa shape index (κ3) is 6.70. The van der Waals surface area contributed by atoms with Crippen molar-refractivity contribution in [3.8, 4) is 21.7 Å². The maximum Gasteiger partial charge on any atom is 0.435 e. The Balaban J connectivity index is 1.28. The summed E-state index contributed by atoms with van der Waals surface area (Å²) in [5.41, 5.74) is 3.69. The molecule has 4 aromatic heterocycles. The van der Waals surface area contributed by atoms with Crippen molar-refractivity contribution in [1.82, 2.24) is 34.8 Å². The molecule has 2 aliphatic carbocycles. The summed E-state index contributed by atoms with van der Waals surface area (Å²) in [6.07, 6.45) is -3.74. The Bertz CT molecular complexity index is 2580. The van der Waals surface area contributed by atoms with Gasteiger partial charge in [0.2, 0.25) is 5.91 Å². The van der Waals surface area contributed by atoms with Crippen LogP contribution in [0.4, 0.5) is 36.6 Å². The van der Waals surface area contributed by atoms with Crippen LogP contribution in [0.2, 0.25) is 5.02 Å². The minimum absolute atomic E-state index is 0.0181. The van der Waals surface area contributed by atoms with Crippen LogP contribution in [0.1, 0.15) is 71.9 Å². The van der Waals surface area contributed by atoms with Crippen LogP contribution in [-0.2, 0) is 42.5 Å². The zero-order valence-corrected chi connectivity index (χ0v) is 31.8. The van der Waals surface area contributed by atoms with Gasteiger partial charge in [-0.05, 0) is 68.9 Å². The molecule has 2 aromatic carbocycles. The second-order valence-electron chi connectivity index (χ2n) is 14.8. The summed E-state index contributed by atoms with van der Waals surface area (Å²) < 4.78 is 105. The highest BCUT2D eigenvalue weighted by atomic mass is 35.5. The van der Waals surface area contributed by atoms with Crippen LogP contribution >= 0.6 is 22.9 Å². The number of pyridine rings is 1. The largest absolute Gasteiger partial charge is 0.435 e. The highest BCUT2D eigenvalue weighted by Gasteiger charge is 2.63. The Kier molecular flexibility index (Phi) is 9.20. The van der Waals surface area contributed by atoms with E-state index >= 15 is 8.78 Å². The first-order chi connectivity index (χ1) is 26.7.